The standard InChI is InChI=1S/C11H13F4N/c1-8-2-4-9(5-3-8)6-16-7-11(14,15)10(12)13/h2-5,10,16H,6-7H2,1H3. The Labute approximate surface area is 91.5 Å². The lowest BCUT2D eigenvalue weighted by molar-refractivity contribution is -0.125. The molecule has 90 valence electrons. The van der Waals surface area contributed by atoms with Gasteiger partial charge in [-0.15, -0.1) is 0 Å². The first-order chi connectivity index (χ1) is 7.42. The van der Waals surface area contributed by atoms with Gasteiger partial charge in [-0.3, -0.25) is 0 Å². The third-order valence-corrected chi connectivity index (χ3v) is 2.13. The van der Waals surface area contributed by atoms with Crippen molar-refractivity contribution in [3.63, 3.8) is 0 Å². The van der Waals surface area contributed by atoms with Crippen LogP contribution < -0.4 is 5.32 Å². The SMILES string of the molecule is Cc1ccc(CNCC(F)(F)C(F)F)cc1. The summed E-state index contributed by atoms with van der Waals surface area (Å²) in [7, 11) is 0. The van der Waals surface area contributed by atoms with Crippen LogP contribution in [0.3, 0.4) is 0 Å². The van der Waals surface area contributed by atoms with E-state index in [0.717, 1.165) is 11.1 Å². The average Bonchev–Trinajstić information content (AvgIpc) is 2.20. The van der Waals surface area contributed by atoms with E-state index >= 15 is 0 Å². The van der Waals surface area contributed by atoms with Gasteiger partial charge in [0.1, 0.15) is 0 Å². The Morgan fingerprint density at radius 3 is 2.25 bits per heavy atom. The summed E-state index contributed by atoms with van der Waals surface area (Å²) in [5.74, 6) is -3.97. The topological polar surface area (TPSA) is 12.0 Å². The predicted molar refractivity (Wildman–Crippen MR) is 53.8 cm³/mol. The summed E-state index contributed by atoms with van der Waals surface area (Å²) in [6, 6.07) is 7.20. The number of rotatable bonds is 5. The average molecular weight is 235 g/mol. The minimum Gasteiger partial charge on any atom is -0.307 e. The molecule has 0 atom stereocenters. The van der Waals surface area contributed by atoms with Gasteiger partial charge in [0, 0.05) is 6.54 Å². The molecule has 1 aromatic carbocycles. The number of alkyl halides is 4. The molecule has 0 saturated carbocycles. The molecule has 5 heteroatoms. The summed E-state index contributed by atoms with van der Waals surface area (Å²) >= 11 is 0. The molecular weight excluding hydrogens is 222 g/mol. The van der Waals surface area contributed by atoms with Crippen LogP contribution in [0.15, 0.2) is 24.3 Å². The second-order valence-corrected chi connectivity index (χ2v) is 3.65. The van der Waals surface area contributed by atoms with E-state index in [0.29, 0.717) is 0 Å². The highest BCUT2D eigenvalue weighted by atomic mass is 19.3. The fourth-order valence-electron chi connectivity index (χ4n) is 1.16. The maximum atomic E-state index is 12.5. The van der Waals surface area contributed by atoms with Crippen molar-refractivity contribution in [3.8, 4) is 0 Å². The lowest BCUT2D eigenvalue weighted by atomic mass is 10.1. The van der Waals surface area contributed by atoms with Crippen LogP contribution >= 0.6 is 0 Å². The molecule has 1 aromatic rings. The van der Waals surface area contributed by atoms with E-state index in [1.165, 1.54) is 0 Å². The van der Waals surface area contributed by atoms with E-state index in [9.17, 15) is 17.6 Å². The first-order valence-electron chi connectivity index (χ1n) is 4.84. The Morgan fingerprint density at radius 1 is 1.19 bits per heavy atom. The molecule has 0 aliphatic heterocycles. The maximum Gasteiger partial charge on any atom is 0.319 e. The van der Waals surface area contributed by atoms with Crippen molar-refractivity contribution in [1.29, 1.82) is 0 Å². The lowest BCUT2D eigenvalue weighted by Crippen LogP contribution is -2.38. The zero-order valence-corrected chi connectivity index (χ0v) is 8.81. The van der Waals surface area contributed by atoms with Gasteiger partial charge in [0.05, 0.1) is 6.54 Å². The van der Waals surface area contributed by atoms with Crippen LogP contribution in [0.1, 0.15) is 11.1 Å². The highest BCUT2D eigenvalue weighted by Crippen LogP contribution is 2.21. The van der Waals surface area contributed by atoms with Gasteiger partial charge in [-0.25, -0.2) is 8.78 Å². The van der Waals surface area contributed by atoms with Gasteiger partial charge < -0.3 is 5.32 Å². The highest BCUT2D eigenvalue weighted by Gasteiger charge is 2.39. The van der Waals surface area contributed by atoms with Crippen molar-refractivity contribution in [2.75, 3.05) is 6.54 Å². The van der Waals surface area contributed by atoms with E-state index in [-0.39, 0.29) is 6.54 Å². The summed E-state index contributed by atoms with van der Waals surface area (Å²) < 4.78 is 48.6. The summed E-state index contributed by atoms with van der Waals surface area (Å²) in [5.41, 5.74) is 1.84. The summed E-state index contributed by atoms with van der Waals surface area (Å²) in [4.78, 5) is 0. The Hall–Kier alpha value is -1.10. The molecule has 0 amide bonds. The Balaban J connectivity index is 2.39. The number of halogens is 4. The van der Waals surface area contributed by atoms with Crippen LogP contribution in [0, 0.1) is 6.92 Å². The molecule has 1 nitrogen and oxygen atoms in total. The first-order valence-corrected chi connectivity index (χ1v) is 4.84. The van der Waals surface area contributed by atoms with Crippen LogP contribution in [0.25, 0.3) is 0 Å². The van der Waals surface area contributed by atoms with Crippen molar-refractivity contribution < 1.29 is 17.6 Å². The van der Waals surface area contributed by atoms with Crippen molar-refractivity contribution in [2.24, 2.45) is 0 Å². The number of hydrogen-bond acceptors (Lipinski definition) is 1. The number of benzene rings is 1. The summed E-state index contributed by atoms with van der Waals surface area (Å²) in [6.07, 6.45) is -3.63. The third kappa shape index (κ3) is 3.81. The van der Waals surface area contributed by atoms with Crippen molar-refractivity contribution in [2.45, 2.75) is 25.8 Å². The fraction of sp³-hybridized carbons (Fsp3) is 0.455. The molecule has 0 heterocycles. The van der Waals surface area contributed by atoms with E-state index in [1.807, 2.05) is 19.1 Å². The molecule has 0 aromatic heterocycles. The second-order valence-electron chi connectivity index (χ2n) is 3.65. The van der Waals surface area contributed by atoms with Crippen molar-refractivity contribution in [3.05, 3.63) is 35.4 Å². The van der Waals surface area contributed by atoms with Gasteiger partial charge in [0.2, 0.25) is 0 Å². The molecule has 0 unspecified atom stereocenters. The smallest absolute Gasteiger partial charge is 0.307 e. The zero-order chi connectivity index (χ0) is 12.2. The molecule has 0 saturated heterocycles. The van der Waals surface area contributed by atoms with E-state index in [2.05, 4.69) is 5.32 Å². The van der Waals surface area contributed by atoms with Crippen LogP contribution in [0.2, 0.25) is 0 Å². The van der Waals surface area contributed by atoms with E-state index in [1.54, 1.807) is 12.1 Å². The molecule has 0 bridgehead atoms. The van der Waals surface area contributed by atoms with Crippen molar-refractivity contribution in [1.82, 2.24) is 5.32 Å². The first kappa shape index (κ1) is 13.0. The van der Waals surface area contributed by atoms with Gasteiger partial charge in [-0.1, -0.05) is 29.8 Å². The van der Waals surface area contributed by atoms with Crippen LogP contribution in [-0.2, 0) is 6.54 Å². The fourth-order valence-corrected chi connectivity index (χ4v) is 1.16. The van der Waals surface area contributed by atoms with Gasteiger partial charge >= 0.3 is 12.3 Å². The van der Waals surface area contributed by atoms with Crippen LogP contribution in [0.5, 0.6) is 0 Å². The normalized spacial score (nSPS) is 12.1. The monoisotopic (exact) mass is 235 g/mol. The largest absolute Gasteiger partial charge is 0.319 e. The summed E-state index contributed by atoms with van der Waals surface area (Å²) in [5, 5.41) is 2.31. The predicted octanol–water partition coefficient (Wildman–Crippen LogP) is 2.99. The maximum absolute atomic E-state index is 12.5. The minimum absolute atomic E-state index is 0.155. The molecule has 0 radical (unpaired) electrons. The molecule has 1 rings (SSSR count). The number of hydrogen-bond donors (Lipinski definition) is 1. The molecule has 16 heavy (non-hydrogen) atoms. The molecule has 0 spiro atoms. The van der Waals surface area contributed by atoms with Gasteiger partial charge in [0.15, 0.2) is 0 Å². The van der Waals surface area contributed by atoms with Gasteiger partial charge in [-0.2, -0.15) is 8.78 Å². The van der Waals surface area contributed by atoms with E-state index < -0.39 is 18.9 Å². The van der Waals surface area contributed by atoms with Gasteiger partial charge in [0.25, 0.3) is 0 Å². The third-order valence-electron chi connectivity index (χ3n) is 2.13. The Morgan fingerprint density at radius 2 is 1.75 bits per heavy atom. The lowest BCUT2D eigenvalue weighted by Gasteiger charge is -2.15. The molecule has 0 fully saturated rings. The highest BCUT2D eigenvalue weighted by molar-refractivity contribution is 5.21. The Bertz CT molecular complexity index is 321. The summed E-state index contributed by atoms with van der Waals surface area (Å²) in [6.45, 7) is 1.04. The van der Waals surface area contributed by atoms with Gasteiger partial charge in [-0.05, 0) is 12.5 Å². The minimum atomic E-state index is -3.97. The Kier molecular flexibility index (Phi) is 4.29. The number of aryl methyl sites for hydroxylation is 1. The number of nitrogens with one attached hydrogen (secondary N) is 1. The molecule has 0 aliphatic carbocycles. The molecular formula is C11H13F4N. The second kappa shape index (κ2) is 5.30. The van der Waals surface area contributed by atoms with Crippen LogP contribution in [-0.4, -0.2) is 18.9 Å². The quantitative estimate of drug-likeness (QED) is 0.773. The zero-order valence-electron chi connectivity index (χ0n) is 8.81. The molecule has 0 aliphatic rings. The van der Waals surface area contributed by atoms with E-state index in [4.69, 9.17) is 0 Å². The van der Waals surface area contributed by atoms with Crippen LogP contribution in [0.4, 0.5) is 17.6 Å². The van der Waals surface area contributed by atoms with Crippen molar-refractivity contribution >= 4 is 0 Å². The molecule has 1 N–H and O–H groups in total.